The van der Waals surface area contributed by atoms with Gasteiger partial charge in [0, 0.05) is 0 Å². The molecule has 0 saturated heterocycles. The lowest BCUT2D eigenvalue weighted by molar-refractivity contribution is -0.274. The van der Waals surface area contributed by atoms with Gasteiger partial charge >= 0.3 is 12.5 Å². The first-order valence-corrected chi connectivity index (χ1v) is 12.6. The van der Waals surface area contributed by atoms with Crippen LogP contribution in [0.15, 0.2) is 48.5 Å². The molecule has 0 N–H and O–H groups in total. The minimum absolute atomic E-state index is 0.241. The maximum absolute atomic E-state index is 14.8. The Morgan fingerprint density at radius 1 is 0.829 bits per heavy atom. The molecule has 3 rings (SSSR count). The van der Waals surface area contributed by atoms with Crippen molar-refractivity contribution >= 4 is 0 Å². The summed E-state index contributed by atoms with van der Waals surface area (Å²) in [5.74, 6) is 0.777. The van der Waals surface area contributed by atoms with Gasteiger partial charge in [0.2, 0.25) is 0 Å². The molecule has 0 aliphatic heterocycles. The van der Waals surface area contributed by atoms with E-state index in [1.54, 1.807) is 12.1 Å². The smallest absolute Gasteiger partial charge is 0.406 e. The first kappa shape index (κ1) is 27.4. The minimum Gasteiger partial charge on any atom is -0.406 e. The lowest BCUT2D eigenvalue weighted by atomic mass is 9.77. The summed E-state index contributed by atoms with van der Waals surface area (Å²) in [4.78, 5) is 0. The Hall–Kier alpha value is -2.15. The van der Waals surface area contributed by atoms with Gasteiger partial charge in [-0.15, -0.1) is 13.2 Å². The SMILES string of the molecule is CCCCCCC1CCC(c2ccc(C(F)(F)OC(C)c3ccc(OC(F)(F)F)cc3)cc2)CC1. The van der Waals surface area contributed by atoms with Crippen LogP contribution in [0.2, 0.25) is 0 Å². The van der Waals surface area contributed by atoms with Crippen molar-refractivity contribution in [1.82, 2.24) is 0 Å². The van der Waals surface area contributed by atoms with Gasteiger partial charge in [0.05, 0.1) is 11.7 Å². The Morgan fingerprint density at radius 2 is 1.46 bits per heavy atom. The monoisotopic (exact) mass is 498 g/mol. The molecule has 1 aliphatic carbocycles. The fourth-order valence-electron chi connectivity index (χ4n) is 4.89. The number of hydrogen-bond donors (Lipinski definition) is 0. The van der Waals surface area contributed by atoms with Crippen molar-refractivity contribution in [2.45, 2.75) is 96.1 Å². The van der Waals surface area contributed by atoms with Crippen LogP contribution in [0.1, 0.15) is 100 Å². The van der Waals surface area contributed by atoms with E-state index in [0.717, 1.165) is 36.5 Å². The molecule has 0 heterocycles. The van der Waals surface area contributed by atoms with E-state index in [4.69, 9.17) is 4.74 Å². The molecular formula is C28H35F5O2. The predicted molar refractivity (Wildman–Crippen MR) is 126 cm³/mol. The van der Waals surface area contributed by atoms with Gasteiger partial charge in [-0.2, -0.15) is 8.78 Å². The van der Waals surface area contributed by atoms with Crippen LogP contribution in [0.4, 0.5) is 22.0 Å². The number of alkyl halides is 5. The van der Waals surface area contributed by atoms with Crippen LogP contribution in [0.25, 0.3) is 0 Å². The highest BCUT2D eigenvalue weighted by molar-refractivity contribution is 5.30. The quantitative estimate of drug-likeness (QED) is 0.227. The number of halogens is 5. The topological polar surface area (TPSA) is 18.5 Å². The maximum Gasteiger partial charge on any atom is 0.573 e. The lowest BCUT2D eigenvalue weighted by Crippen LogP contribution is -2.21. The Labute approximate surface area is 204 Å². The average Bonchev–Trinajstić information content (AvgIpc) is 2.81. The van der Waals surface area contributed by atoms with Crippen molar-refractivity contribution in [2.24, 2.45) is 5.92 Å². The van der Waals surface area contributed by atoms with Crippen molar-refractivity contribution in [3.63, 3.8) is 0 Å². The molecule has 1 fully saturated rings. The van der Waals surface area contributed by atoms with E-state index in [-0.39, 0.29) is 5.56 Å². The number of rotatable bonds is 11. The van der Waals surface area contributed by atoms with Gasteiger partial charge in [-0.25, -0.2) is 0 Å². The maximum atomic E-state index is 14.8. The molecule has 194 valence electrons. The highest BCUT2D eigenvalue weighted by Gasteiger charge is 2.36. The van der Waals surface area contributed by atoms with Crippen LogP contribution in [-0.4, -0.2) is 6.36 Å². The summed E-state index contributed by atoms with van der Waals surface area (Å²) >= 11 is 0. The Kier molecular flexibility index (Phi) is 9.56. The lowest BCUT2D eigenvalue weighted by Gasteiger charge is -2.29. The first-order chi connectivity index (χ1) is 16.6. The number of hydrogen-bond acceptors (Lipinski definition) is 2. The van der Waals surface area contributed by atoms with E-state index in [9.17, 15) is 22.0 Å². The van der Waals surface area contributed by atoms with Crippen LogP contribution in [-0.2, 0) is 10.8 Å². The summed E-state index contributed by atoms with van der Waals surface area (Å²) in [5.41, 5.74) is 1.17. The number of unbranched alkanes of at least 4 members (excludes halogenated alkanes) is 3. The molecule has 2 aromatic carbocycles. The molecular weight excluding hydrogens is 463 g/mol. The Balaban J connectivity index is 1.52. The molecule has 35 heavy (non-hydrogen) atoms. The molecule has 2 aromatic rings. The van der Waals surface area contributed by atoms with Crippen molar-refractivity contribution in [3.8, 4) is 5.75 Å². The Bertz CT molecular complexity index is 885. The molecule has 2 nitrogen and oxygen atoms in total. The molecule has 0 radical (unpaired) electrons. The molecule has 0 amide bonds. The molecule has 1 aliphatic rings. The van der Waals surface area contributed by atoms with E-state index in [0.29, 0.717) is 11.5 Å². The van der Waals surface area contributed by atoms with E-state index in [1.807, 2.05) is 0 Å². The highest BCUT2D eigenvalue weighted by Crippen LogP contribution is 2.40. The molecule has 0 spiro atoms. The zero-order chi connectivity index (χ0) is 25.5. The third-order valence-corrected chi connectivity index (χ3v) is 6.94. The van der Waals surface area contributed by atoms with Crippen molar-refractivity contribution in [2.75, 3.05) is 0 Å². The number of benzene rings is 2. The van der Waals surface area contributed by atoms with Gasteiger partial charge in [0.1, 0.15) is 5.75 Å². The summed E-state index contributed by atoms with van der Waals surface area (Å²) in [6.45, 7) is 3.65. The third-order valence-electron chi connectivity index (χ3n) is 6.94. The van der Waals surface area contributed by atoms with E-state index in [1.165, 1.54) is 76.1 Å². The van der Waals surface area contributed by atoms with Gasteiger partial charge < -0.3 is 9.47 Å². The molecule has 0 aromatic heterocycles. The summed E-state index contributed by atoms with van der Waals surface area (Å²) in [6.07, 6.45) is 1.67. The van der Waals surface area contributed by atoms with Gasteiger partial charge in [-0.1, -0.05) is 75.4 Å². The third kappa shape index (κ3) is 8.48. The van der Waals surface area contributed by atoms with Gasteiger partial charge in [-0.05, 0) is 67.7 Å². The fraction of sp³-hybridized carbons (Fsp3) is 0.571. The highest BCUT2D eigenvalue weighted by atomic mass is 19.4. The summed E-state index contributed by atoms with van der Waals surface area (Å²) in [6, 6.07) is 11.1. The second-order valence-corrected chi connectivity index (χ2v) is 9.58. The van der Waals surface area contributed by atoms with Crippen molar-refractivity contribution in [3.05, 3.63) is 65.2 Å². The average molecular weight is 499 g/mol. The first-order valence-electron chi connectivity index (χ1n) is 12.6. The standard InChI is InChI=1S/C28H35F5O2/c1-3-4-5-6-7-21-8-10-23(11-9-21)24-12-16-25(17-13-24)27(29,30)34-20(2)22-14-18-26(19-15-22)35-28(31,32)33/h12-21,23H,3-11H2,1-2H3. The van der Waals surface area contributed by atoms with E-state index in [2.05, 4.69) is 11.7 Å². The van der Waals surface area contributed by atoms with Crippen molar-refractivity contribution in [1.29, 1.82) is 0 Å². The van der Waals surface area contributed by atoms with Crippen LogP contribution < -0.4 is 4.74 Å². The van der Waals surface area contributed by atoms with Crippen molar-refractivity contribution < 1.29 is 31.4 Å². The van der Waals surface area contributed by atoms with Crippen LogP contribution in [0.3, 0.4) is 0 Å². The van der Waals surface area contributed by atoms with E-state index < -0.39 is 24.3 Å². The van der Waals surface area contributed by atoms with Gasteiger partial charge in [0.25, 0.3) is 0 Å². The molecule has 0 bridgehead atoms. The molecule has 1 saturated carbocycles. The van der Waals surface area contributed by atoms with Gasteiger partial charge in [0.15, 0.2) is 0 Å². The van der Waals surface area contributed by atoms with E-state index >= 15 is 0 Å². The van der Waals surface area contributed by atoms with Crippen LogP contribution in [0, 0.1) is 5.92 Å². The zero-order valence-electron chi connectivity index (χ0n) is 20.4. The van der Waals surface area contributed by atoms with Crippen LogP contribution in [0.5, 0.6) is 5.75 Å². The Morgan fingerprint density at radius 3 is 2.03 bits per heavy atom. The normalized spacial score (nSPS) is 20.0. The second kappa shape index (κ2) is 12.2. The van der Waals surface area contributed by atoms with Gasteiger partial charge in [-0.3, -0.25) is 0 Å². The zero-order valence-corrected chi connectivity index (χ0v) is 20.4. The fourth-order valence-corrected chi connectivity index (χ4v) is 4.89. The summed E-state index contributed by atoms with van der Waals surface area (Å²) in [7, 11) is 0. The summed E-state index contributed by atoms with van der Waals surface area (Å²) < 4.78 is 75.3. The largest absolute Gasteiger partial charge is 0.573 e. The molecule has 1 atom stereocenters. The predicted octanol–water partition coefficient (Wildman–Crippen LogP) is 9.66. The van der Waals surface area contributed by atoms with Crippen LogP contribution >= 0.6 is 0 Å². The molecule has 7 heteroatoms. The summed E-state index contributed by atoms with van der Waals surface area (Å²) in [5, 5.41) is 0. The number of ether oxygens (including phenoxy) is 2. The second-order valence-electron chi connectivity index (χ2n) is 9.58. The molecule has 1 unspecified atom stereocenters. The minimum atomic E-state index is -4.81.